The van der Waals surface area contributed by atoms with Gasteiger partial charge in [0, 0.05) is 146 Å². The van der Waals surface area contributed by atoms with Crippen molar-refractivity contribution < 1.29 is 76.6 Å². The Morgan fingerprint density at radius 3 is 1.02 bits per heavy atom. The Morgan fingerprint density at radius 2 is 0.700 bits per heavy atom. The summed E-state index contributed by atoms with van der Waals surface area (Å²) in [6, 6.07) is -9.80. The van der Waals surface area contributed by atoms with Crippen molar-refractivity contribution in [2.24, 2.45) is 161 Å². The number of amides is 8. The highest BCUT2D eigenvalue weighted by Crippen LogP contribution is 2.26. The highest BCUT2D eigenvalue weighted by Gasteiger charge is 2.41. The molecule has 12 atom stereocenters. The molecule has 8 amide bonds. The molecule has 1 fully saturated rings. The Kier molecular flexibility index (Phi) is 60.0. The Bertz CT molecular complexity index is 3840. The molecule has 0 aromatic carbocycles. The molecule has 0 aromatic rings. The SMILES string of the molecule is COCCOCCC(=O)N[C@H](CS)C(=O)C[C@H](CCCN=C(N)N)C(=O)N[C@H](CCCN=C(N)N)C(=O)C[C@H](CCCN=C(N)N)C(=O)N[C@H](CCCN=C(N)N)C(=O)C[C@H](CCCN=C(N)N)C(=O)N[C@H](CCCN=C(N)N)C(=O)C[C@H](CCCN=C(N)N)C(=O)N[C@H](CCCN=C(N)N)C(=O)N1CCC[C@H]1C(=O)N[C@@H](CC(C)C)C(=O)CCC(=O)N[C@@H](CSC)C(C)=O. The number of aliphatic imine (C=N–C) groups is 8. The summed E-state index contributed by atoms with van der Waals surface area (Å²) < 4.78 is 10.4. The molecular weight excluding hydrogens is 1730 g/mol. The molecule has 0 unspecified atom stereocenters. The van der Waals surface area contributed by atoms with Crippen LogP contribution >= 0.6 is 24.4 Å². The fourth-order valence-corrected chi connectivity index (χ4v) is 14.9. The lowest BCUT2D eigenvalue weighted by atomic mass is 9.88. The van der Waals surface area contributed by atoms with Crippen LogP contribution in [0.5, 0.6) is 0 Å². The zero-order chi connectivity index (χ0) is 97.8. The first kappa shape index (κ1) is 117. The number of ketones is 6. The molecule has 0 aliphatic carbocycles. The number of likely N-dealkylation sites (tertiary alicyclic amines) is 1. The van der Waals surface area contributed by atoms with Gasteiger partial charge in [0.05, 0.1) is 56.1 Å². The van der Waals surface area contributed by atoms with Gasteiger partial charge in [-0.25, -0.2) is 0 Å². The van der Waals surface area contributed by atoms with Gasteiger partial charge >= 0.3 is 0 Å². The molecule has 48 nitrogen and oxygen atoms in total. The molecule has 0 radical (unpaired) electrons. The quantitative estimate of drug-likeness (QED) is 0.0117. The number of nitrogens with two attached hydrogens (primary N) is 16. The molecule has 1 aliphatic heterocycles. The molecule has 39 N–H and O–H groups in total. The number of rotatable bonds is 73. The minimum Gasteiger partial charge on any atom is -0.382 e. The van der Waals surface area contributed by atoms with Crippen LogP contribution in [0.2, 0.25) is 0 Å². The van der Waals surface area contributed by atoms with Crippen LogP contribution in [0.1, 0.15) is 188 Å². The Balaban J connectivity index is 4.16. The van der Waals surface area contributed by atoms with Crippen molar-refractivity contribution in [2.75, 3.05) is 104 Å². The lowest BCUT2D eigenvalue weighted by Gasteiger charge is -2.31. The maximum atomic E-state index is 15.3. The summed E-state index contributed by atoms with van der Waals surface area (Å²) in [6.45, 7) is 5.38. The van der Waals surface area contributed by atoms with E-state index < -0.39 is 174 Å². The van der Waals surface area contributed by atoms with E-state index in [-0.39, 0.29) is 279 Å². The van der Waals surface area contributed by atoms with Crippen molar-refractivity contribution in [1.29, 1.82) is 0 Å². The van der Waals surface area contributed by atoms with Gasteiger partial charge in [-0.1, -0.05) is 13.8 Å². The zero-order valence-electron chi connectivity index (χ0n) is 75.9. The Hall–Kier alpha value is -11.4. The van der Waals surface area contributed by atoms with Crippen molar-refractivity contribution in [3.05, 3.63) is 0 Å². The Labute approximate surface area is 770 Å². The van der Waals surface area contributed by atoms with Crippen LogP contribution < -0.4 is 129 Å². The number of thiol groups is 1. The summed E-state index contributed by atoms with van der Waals surface area (Å²) in [7, 11) is 1.49. The van der Waals surface area contributed by atoms with E-state index in [4.69, 9.17) is 101 Å². The number of thioether (sulfide) groups is 1. The molecule has 0 saturated carbocycles. The highest BCUT2D eigenvalue weighted by atomic mass is 32.2. The van der Waals surface area contributed by atoms with Gasteiger partial charge in [-0.05, 0) is 141 Å². The fourth-order valence-electron chi connectivity index (χ4n) is 13.9. The highest BCUT2D eigenvalue weighted by molar-refractivity contribution is 7.98. The second-order valence-electron chi connectivity index (χ2n) is 32.0. The predicted octanol–water partition coefficient (Wildman–Crippen LogP) is -6.57. The van der Waals surface area contributed by atoms with E-state index in [9.17, 15) is 33.6 Å². The van der Waals surface area contributed by atoms with Gasteiger partial charge in [0.2, 0.25) is 47.3 Å². The van der Waals surface area contributed by atoms with Crippen molar-refractivity contribution in [2.45, 2.75) is 236 Å². The number of carbonyl (C=O) groups excluding carboxylic acids is 14. The smallest absolute Gasteiger partial charge is 0.245 e. The van der Waals surface area contributed by atoms with Gasteiger partial charge < -0.3 is 143 Å². The molecule has 50 heteroatoms. The third-order valence-corrected chi connectivity index (χ3v) is 21.7. The van der Waals surface area contributed by atoms with Crippen LogP contribution in [0, 0.1) is 29.6 Å². The summed E-state index contributed by atoms with van der Waals surface area (Å²) in [5.74, 6) is -16.4. The second kappa shape index (κ2) is 66.9. The normalized spacial score (nSPS) is 14.7. The van der Waals surface area contributed by atoms with E-state index in [0.717, 1.165) is 0 Å². The van der Waals surface area contributed by atoms with E-state index in [2.05, 4.69) is 89.8 Å². The monoisotopic (exact) mass is 1880 g/mol. The maximum absolute atomic E-state index is 15.3. The van der Waals surface area contributed by atoms with Gasteiger partial charge in [-0.2, -0.15) is 24.4 Å². The van der Waals surface area contributed by atoms with Gasteiger partial charge in [0.25, 0.3) is 0 Å². The standard InChI is InChI=1S/C80H148N32O16S2/c1-46(2)39-56(60(114)24-25-65(119)106-58(45-130-5)47(3)113)111-71(125)59-23-14-35-112(59)72(126)55(22-13-34-104-80(95)96)110-70(124)50(17-8-29-99-75(85)86)42-63(117)54(21-12-33-103-79(93)94)108-68(122)48(15-6-27-97-73(81)82)40-61(115)52(19-10-31-101-77(89)90)107-67(121)49(16-7-28-98-74(83)84)41-62(116)53(20-11-32-102-78(91)92)109-69(123)51(18-9-30-100-76(87)88)43-64(118)57(44-129)105-66(120)26-36-128-38-37-127-4/h46,48-59,129H,6-45H2,1-5H3,(H,105,120)(H,106,119)(H,107,121)(H,108,122)(H,109,123)(H,110,124)(H,111,125)(H4,81,82,97)(H4,83,84,98)(H4,85,86,99)(H4,87,88,100)(H4,89,90,101)(H4,91,92,102)(H4,93,94,103)(H4,95,96,104)/t48-,49-,50-,51-,52+,53+,54+,55+,56-,57+,58-,59-/m0/s1. The largest absolute Gasteiger partial charge is 0.382 e. The predicted molar refractivity (Wildman–Crippen MR) is 504 cm³/mol. The molecule has 1 rings (SSSR count). The minimum atomic E-state index is -1.46. The van der Waals surface area contributed by atoms with E-state index in [1.807, 2.05) is 13.8 Å². The number of guanidine groups is 8. The number of ether oxygens (including phenoxy) is 2. The summed E-state index contributed by atoms with van der Waals surface area (Å²) in [5.41, 5.74) is 90.9. The topological polar surface area (TPSA) is 860 Å². The third kappa shape index (κ3) is 52.9. The molecule has 1 heterocycles. The second-order valence-corrected chi connectivity index (χ2v) is 33.3. The first-order chi connectivity index (χ1) is 61.5. The number of nitrogens with zero attached hydrogens (tertiary/aromatic N) is 9. The number of nitrogens with one attached hydrogen (secondary N) is 7. The number of carbonyl (C=O) groups is 14. The minimum absolute atomic E-state index is 0.00105. The molecule has 0 bridgehead atoms. The van der Waals surface area contributed by atoms with Crippen molar-refractivity contribution in [3.63, 3.8) is 0 Å². The van der Waals surface area contributed by atoms with Crippen LogP contribution in [-0.2, 0) is 76.6 Å². The maximum Gasteiger partial charge on any atom is 0.245 e. The average molecular weight is 1880 g/mol. The number of hydrogen-bond acceptors (Lipinski definition) is 26. The summed E-state index contributed by atoms with van der Waals surface area (Å²) in [5, 5.41) is 19.4. The molecular formula is C80H148N32O16S2. The molecule has 736 valence electrons. The lowest BCUT2D eigenvalue weighted by molar-refractivity contribution is -0.143. The molecule has 130 heavy (non-hydrogen) atoms. The van der Waals surface area contributed by atoms with Crippen molar-refractivity contribution in [3.8, 4) is 0 Å². The summed E-state index contributed by atoms with van der Waals surface area (Å²) in [4.78, 5) is 235. The van der Waals surface area contributed by atoms with Crippen LogP contribution in [0.15, 0.2) is 39.9 Å². The van der Waals surface area contributed by atoms with E-state index in [1.54, 1.807) is 6.26 Å². The molecule has 1 saturated heterocycles. The number of hydrogen-bond donors (Lipinski definition) is 24. The van der Waals surface area contributed by atoms with Gasteiger partial charge in [0.1, 0.15) is 12.1 Å². The molecule has 0 aromatic heterocycles. The van der Waals surface area contributed by atoms with Gasteiger partial charge in [0.15, 0.2) is 82.4 Å². The van der Waals surface area contributed by atoms with Crippen molar-refractivity contribution >= 4 is 154 Å². The van der Waals surface area contributed by atoms with E-state index >= 15 is 33.6 Å². The third-order valence-electron chi connectivity index (χ3n) is 20.6. The van der Waals surface area contributed by atoms with E-state index in [1.165, 1.54) is 30.7 Å². The number of methoxy groups -OCH3 is 1. The lowest BCUT2D eigenvalue weighted by Crippen LogP contribution is -2.56. The summed E-state index contributed by atoms with van der Waals surface area (Å²) >= 11 is 5.68. The first-order valence-electron chi connectivity index (χ1n) is 43.7. The average Bonchev–Trinajstić information content (AvgIpc) is 1.66. The van der Waals surface area contributed by atoms with Crippen LogP contribution in [0.25, 0.3) is 0 Å². The Morgan fingerprint density at radius 1 is 0.385 bits per heavy atom. The fraction of sp³-hybridized carbons (Fsp3) is 0.725. The van der Waals surface area contributed by atoms with Gasteiger partial charge in [-0.3, -0.25) is 107 Å². The molecule has 0 spiro atoms. The number of Topliss-reactive ketones (excluding diaryl/α,β-unsaturated/α-hetero) is 6. The zero-order valence-corrected chi connectivity index (χ0v) is 77.7. The van der Waals surface area contributed by atoms with Gasteiger partial charge in [-0.15, -0.1) is 0 Å². The first-order valence-corrected chi connectivity index (χ1v) is 45.7. The van der Waals surface area contributed by atoms with E-state index in [0.29, 0.717) is 12.2 Å². The van der Waals surface area contributed by atoms with Crippen LogP contribution in [-0.4, -0.2) is 286 Å². The van der Waals surface area contributed by atoms with Crippen molar-refractivity contribution in [1.82, 2.24) is 42.1 Å². The van der Waals surface area contributed by atoms with Crippen LogP contribution in [0.4, 0.5) is 0 Å². The van der Waals surface area contributed by atoms with Crippen LogP contribution in [0.3, 0.4) is 0 Å². The summed E-state index contributed by atoms with van der Waals surface area (Å²) in [6.07, 6.45) is -0.668. The molecule has 1 aliphatic rings.